The molecule has 0 rings (SSSR count). The monoisotopic (exact) mass is 602 g/mol. The van der Waals surface area contributed by atoms with Crippen LogP contribution in [0.2, 0.25) is 0 Å². The third-order valence-electron chi connectivity index (χ3n) is 6.23. The van der Waals surface area contributed by atoms with Crippen LogP contribution >= 0.6 is 0 Å². The predicted molar refractivity (Wildman–Crippen MR) is 151 cm³/mol. The zero-order chi connectivity index (χ0) is 31.8. The van der Waals surface area contributed by atoms with Crippen LogP contribution in [0.3, 0.4) is 0 Å². The number of nitrogens with zero attached hydrogens (tertiary/aromatic N) is 3. The van der Waals surface area contributed by atoms with Crippen LogP contribution in [-0.2, 0) is 28.8 Å². The molecule has 242 valence electrons. The molecular weight excluding hydrogens is 552 g/mol. The molecule has 0 aliphatic carbocycles. The summed E-state index contributed by atoms with van der Waals surface area (Å²) in [5, 5.41) is 38.8. The molecule has 15 heteroatoms. The highest BCUT2D eigenvalue weighted by atomic mass is 16.5. The van der Waals surface area contributed by atoms with E-state index in [9.17, 15) is 44.4 Å². The number of hydroxylamine groups is 6. The van der Waals surface area contributed by atoms with Gasteiger partial charge < -0.3 is 16.0 Å². The van der Waals surface area contributed by atoms with Crippen LogP contribution in [0, 0.1) is 0 Å². The Balaban J connectivity index is 3.76. The van der Waals surface area contributed by atoms with Crippen molar-refractivity contribution in [3.63, 3.8) is 0 Å². The lowest BCUT2D eigenvalue weighted by Crippen LogP contribution is -2.31. The number of carbonyl (C=O) groups is 6. The van der Waals surface area contributed by atoms with E-state index in [0.29, 0.717) is 79.8 Å². The van der Waals surface area contributed by atoms with Gasteiger partial charge in [-0.05, 0) is 57.8 Å². The zero-order valence-electron chi connectivity index (χ0n) is 25.1. The van der Waals surface area contributed by atoms with Gasteiger partial charge in [-0.2, -0.15) is 0 Å². The lowest BCUT2D eigenvalue weighted by atomic mass is 10.2. The summed E-state index contributed by atoms with van der Waals surface area (Å²) in [6.07, 6.45) is 5.47. The molecule has 0 unspecified atom stereocenters. The van der Waals surface area contributed by atoms with Crippen molar-refractivity contribution in [2.24, 2.45) is 0 Å². The van der Waals surface area contributed by atoms with Crippen molar-refractivity contribution < 1.29 is 44.4 Å². The first kappa shape index (κ1) is 38.7. The Morgan fingerprint density at radius 3 is 1.19 bits per heavy atom. The van der Waals surface area contributed by atoms with E-state index in [2.05, 4.69) is 16.0 Å². The molecular formula is C27H50N6O9. The Hall–Kier alpha value is -3.30. The molecule has 0 radical (unpaired) electrons. The molecule has 0 aromatic rings. The van der Waals surface area contributed by atoms with Crippen LogP contribution in [0.1, 0.15) is 97.3 Å². The molecule has 0 aromatic carbocycles. The van der Waals surface area contributed by atoms with Crippen molar-refractivity contribution in [2.75, 3.05) is 39.3 Å². The number of hydrogen-bond donors (Lipinski definition) is 6. The lowest BCUT2D eigenvalue weighted by Gasteiger charge is -2.15. The van der Waals surface area contributed by atoms with Crippen molar-refractivity contribution in [1.29, 1.82) is 0 Å². The third-order valence-corrected chi connectivity index (χ3v) is 6.23. The fraction of sp³-hybridized carbons (Fsp3) is 0.778. The van der Waals surface area contributed by atoms with Gasteiger partial charge in [0.1, 0.15) is 0 Å². The standard InChI is InChI=1S/C27H50N6O9/c1-22(34)28-16-6-3-10-20-32(41)26(38)14-13-25(37)30-18-8-5-11-21-33(42)27(39)15-12-24(36)29-17-7-4-9-19-31(40)23(2)35/h40-42H,3-21H2,1-2H3,(H,28,34)(H,29,36)(H,30,37). The second-order valence-electron chi connectivity index (χ2n) is 10.0. The molecule has 0 heterocycles. The minimum atomic E-state index is -0.557. The second-order valence-corrected chi connectivity index (χ2v) is 10.0. The molecule has 0 saturated heterocycles. The van der Waals surface area contributed by atoms with E-state index in [1.807, 2.05) is 0 Å². The van der Waals surface area contributed by atoms with Gasteiger partial charge in [0, 0.05) is 78.8 Å². The van der Waals surface area contributed by atoms with Gasteiger partial charge in [-0.3, -0.25) is 44.4 Å². The Bertz CT molecular complexity index is 843. The molecule has 6 amide bonds. The molecule has 0 saturated carbocycles. The highest BCUT2D eigenvalue weighted by Crippen LogP contribution is 2.03. The fourth-order valence-corrected chi connectivity index (χ4v) is 3.69. The van der Waals surface area contributed by atoms with E-state index in [1.165, 1.54) is 13.8 Å². The van der Waals surface area contributed by atoms with E-state index in [1.54, 1.807) is 0 Å². The molecule has 6 N–H and O–H groups in total. The van der Waals surface area contributed by atoms with Crippen LogP contribution < -0.4 is 16.0 Å². The van der Waals surface area contributed by atoms with Gasteiger partial charge in [-0.1, -0.05) is 0 Å². The lowest BCUT2D eigenvalue weighted by molar-refractivity contribution is -0.166. The van der Waals surface area contributed by atoms with E-state index < -0.39 is 17.7 Å². The molecule has 0 atom stereocenters. The van der Waals surface area contributed by atoms with Gasteiger partial charge in [-0.15, -0.1) is 0 Å². The molecule has 42 heavy (non-hydrogen) atoms. The van der Waals surface area contributed by atoms with E-state index >= 15 is 0 Å². The summed E-state index contributed by atoms with van der Waals surface area (Å²) in [5.74, 6) is -2.23. The summed E-state index contributed by atoms with van der Waals surface area (Å²) in [5.41, 5.74) is 0. The topological polar surface area (TPSA) is 209 Å². The smallest absolute Gasteiger partial charge is 0.246 e. The maximum atomic E-state index is 12.0. The Labute approximate surface area is 247 Å². The van der Waals surface area contributed by atoms with E-state index in [0.717, 1.165) is 12.8 Å². The first-order chi connectivity index (χ1) is 19.9. The number of nitrogens with one attached hydrogen (secondary N) is 3. The first-order valence-corrected chi connectivity index (χ1v) is 14.7. The SMILES string of the molecule is CC(=O)NCCCCCN(O)C(=O)CCC(=O)NCCCCCN(O)C(=O)CCC(=O)NCCCCCN(O)C(C)=O. The Morgan fingerprint density at radius 1 is 0.476 bits per heavy atom. The number of hydrogen-bond acceptors (Lipinski definition) is 9. The van der Waals surface area contributed by atoms with Gasteiger partial charge in [0.15, 0.2) is 0 Å². The normalized spacial score (nSPS) is 10.5. The predicted octanol–water partition coefficient (Wildman–Crippen LogP) is 1.10. The number of carbonyl (C=O) groups excluding carboxylic acids is 6. The highest BCUT2D eigenvalue weighted by molar-refractivity contribution is 5.83. The molecule has 0 aliphatic rings. The number of unbranched alkanes of at least 4 members (excludes halogenated alkanes) is 6. The average Bonchev–Trinajstić information content (AvgIpc) is 2.94. The minimum absolute atomic E-state index is 0.0471. The van der Waals surface area contributed by atoms with Crippen molar-refractivity contribution in [3.05, 3.63) is 0 Å². The van der Waals surface area contributed by atoms with Gasteiger partial charge in [0.25, 0.3) is 0 Å². The van der Waals surface area contributed by atoms with Crippen molar-refractivity contribution in [2.45, 2.75) is 97.3 Å². The maximum Gasteiger partial charge on any atom is 0.246 e. The number of rotatable bonds is 24. The summed E-state index contributed by atoms with van der Waals surface area (Å²) in [7, 11) is 0. The largest absolute Gasteiger partial charge is 0.356 e. The molecule has 0 aromatic heterocycles. The van der Waals surface area contributed by atoms with Crippen LogP contribution in [0.15, 0.2) is 0 Å². The summed E-state index contributed by atoms with van der Waals surface area (Å²) in [6.45, 7) is 4.54. The molecule has 0 spiro atoms. The minimum Gasteiger partial charge on any atom is -0.356 e. The maximum absolute atomic E-state index is 12.0. The quantitative estimate of drug-likeness (QED) is 0.0530. The van der Waals surface area contributed by atoms with Crippen molar-refractivity contribution in [1.82, 2.24) is 31.1 Å². The Kier molecular flexibility index (Phi) is 22.4. The molecule has 0 bridgehead atoms. The fourth-order valence-electron chi connectivity index (χ4n) is 3.69. The van der Waals surface area contributed by atoms with Crippen LogP contribution in [0.5, 0.6) is 0 Å². The first-order valence-electron chi connectivity index (χ1n) is 14.7. The van der Waals surface area contributed by atoms with Gasteiger partial charge in [0.05, 0.1) is 0 Å². The van der Waals surface area contributed by atoms with Crippen LogP contribution in [0.4, 0.5) is 0 Å². The van der Waals surface area contributed by atoms with Gasteiger partial charge in [0.2, 0.25) is 35.4 Å². The molecule has 0 aliphatic heterocycles. The van der Waals surface area contributed by atoms with Crippen LogP contribution in [0.25, 0.3) is 0 Å². The molecule has 0 fully saturated rings. The summed E-state index contributed by atoms with van der Waals surface area (Å²) >= 11 is 0. The average molecular weight is 603 g/mol. The number of amides is 6. The molecule has 15 nitrogen and oxygen atoms in total. The van der Waals surface area contributed by atoms with E-state index in [-0.39, 0.29) is 63.0 Å². The van der Waals surface area contributed by atoms with Crippen molar-refractivity contribution in [3.8, 4) is 0 Å². The summed E-state index contributed by atoms with van der Waals surface area (Å²) < 4.78 is 0. The van der Waals surface area contributed by atoms with Crippen molar-refractivity contribution >= 4 is 35.4 Å². The van der Waals surface area contributed by atoms with Crippen LogP contribution in [-0.4, -0.2) is 106 Å². The highest BCUT2D eigenvalue weighted by Gasteiger charge is 2.14. The Morgan fingerprint density at radius 2 is 0.833 bits per heavy atom. The van der Waals surface area contributed by atoms with E-state index in [4.69, 9.17) is 0 Å². The summed E-state index contributed by atoms with van der Waals surface area (Å²) in [4.78, 5) is 69.4. The summed E-state index contributed by atoms with van der Waals surface area (Å²) in [6, 6.07) is 0. The van der Waals surface area contributed by atoms with Gasteiger partial charge >= 0.3 is 0 Å². The van der Waals surface area contributed by atoms with Gasteiger partial charge in [-0.25, -0.2) is 15.2 Å². The second kappa shape index (κ2) is 24.3. The zero-order valence-corrected chi connectivity index (χ0v) is 25.1. The third kappa shape index (κ3) is 22.4.